The van der Waals surface area contributed by atoms with E-state index in [4.69, 9.17) is 5.73 Å². The molecular formula is C12H18N4O. The summed E-state index contributed by atoms with van der Waals surface area (Å²) in [6.45, 7) is 3.74. The summed E-state index contributed by atoms with van der Waals surface area (Å²) >= 11 is 0. The summed E-state index contributed by atoms with van der Waals surface area (Å²) in [4.78, 5) is 16.9. The second kappa shape index (κ2) is 5.03. The van der Waals surface area contributed by atoms with Gasteiger partial charge in [-0.3, -0.25) is 4.79 Å². The van der Waals surface area contributed by atoms with Crippen LogP contribution in [0.15, 0.2) is 12.3 Å². The highest BCUT2D eigenvalue weighted by molar-refractivity contribution is 5.63. The second-order valence-electron chi connectivity index (χ2n) is 4.47. The third kappa shape index (κ3) is 2.67. The van der Waals surface area contributed by atoms with E-state index in [1.54, 1.807) is 0 Å². The fourth-order valence-corrected chi connectivity index (χ4v) is 2.20. The van der Waals surface area contributed by atoms with Gasteiger partial charge in [0.1, 0.15) is 0 Å². The Morgan fingerprint density at radius 2 is 2.24 bits per heavy atom. The fourth-order valence-electron chi connectivity index (χ4n) is 2.20. The Morgan fingerprint density at radius 3 is 2.82 bits per heavy atom. The van der Waals surface area contributed by atoms with Crippen molar-refractivity contribution in [3.63, 3.8) is 0 Å². The Labute approximate surface area is 101 Å². The number of piperidine rings is 1. The predicted octanol–water partition coefficient (Wildman–Crippen LogP) is 0.687. The van der Waals surface area contributed by atoms with E-state index in [0.717, 1.165) is 49.4 Å². The van der Waals surface area contributed by atoms with Crippen LogP contribution in [-0.4, -0.2) is 30.5 Å². The molecule has 0 radical (unpaired) electrons. The molecule has 0 spiro atoms. The molecule has 3 N–H and O–H groups in total. The van der Waals surface area contributed by atoms with Crippen molar-refractivity contribution < 1.29 is 4.79 Å². The highest BCUT2D eigenvalue weighted by Crippen LogP contribution is 2.24. The Kier molecular flexibility index (Phi) is 3.46. The average Bonchev–Trinajstić information content (AvgIpc) is 2.31. The molecule has 1 aliphatic heterocycles. The summed E-state index contributed by atoms with van der Waals surface area (Å²) < 4.78 is 0. The molecule has 0 atom stereocenters. The molecule has 5 nitrogen and oxygen atoms in total. The Bertz CT molecular complexity index is 399. The van der Waals surface area contributed by atoms with Crippen molar-refractivity contribution in [1.82, 2.24) is 10.3 Å². The van der Waals surface area contributed by atoms with Crippen molar-refractivity contribution in [2.45, 2.75) is 25.8 Å². The van der Waals surface area contributed by atoms with Gasteiger partial charge in [0.2, 0.25) is 6.41 Å². The number of nitrogens with two attached hydrogens (primary N) is 1. The van der Waals surface area contributed by atoms with E-state index in [-0.39, 0.29) is 6.04 Å². The first-order chi connectivity index (χ1) is 8.20. The molecule has 0 aromatic carbocycles. The van der Waals surface area contributed by atoms with Crippen molar-refractivity contribution in [1.29, 1.82) is 0 Å². The minimum absolute atomic E-state index is 0.287. The van der Waals surface area contributed by atoms with Gasteiger partial charge in [-0.2, -0.15) is 0 Å². The molecule has 1 fully saturated rings. The number of hydrogen-bond acceptors (Lipinski definition) is 4. The van der Waals surface area contributed by atoms with Gasteiger partial charge >= 0.3 is 0 Å². The van der Waals surface area contributed by atoms with Crippen LogP contribution < -0.4 is 16.0 Å². The number of rotatable bonds is 3. The molecule has 0 bridgehead atoms. The Balaban J connectivity index is 2.02. The number of carbonyl (C=O) groups is 1. The van der Waals surface area contributed by atoms with E-state index in [2.05, 4.69) is 15.2 Å². The number of pyridine rings is 1. The van der Waals surface area contributed by atoms with Crippen LogP contribution in [0.25, 0.3) is 0 Å². The first-order valence-electron chi connectivity index (χ1n) is 5.87. The molecule has 2 rings (SSSR count). The van der Waals surface area contributed by atoms with Gasteiger partial charge in [-0.05, 0) is 31.4 Å². The molecule has 5 heteroatoms. The maximum Gasteiger partial charge on any atom is 0.207 e. The van der Waals surface area contributed by atoms with E-state index in [9.17, 15) is 4.79 Å². The molecule has 92 valence electrons. The van der Waals surface area contributed by atoms with E-state index < -0.39 is 0 Å². The SMILES string of the molecule is Cc1cnc(N2CCC(NC=O)CC2)c(N)c1. The van der Waals surface area contributed by atoms with Crippen molar-refractivity contribution in [3.05, 3.63) is 17.8 Å². The minimum Gasteiger partial charge on any atom is -0.396 e. The van der Waals surface area contributed by atoms with Gasteiger partial charge in [0.25, 0.3) is 0 Å². The van der Waals surface area contributed by atoms with E-state index in [1.807, 2.05) is 19.2 Å². The minimum atomic E-state index is 0.287. The number of nitrogens with zero attached hydrogens (tertiary/aromatic N) is 2. The van der Waals surface area contributed by atoms with Gasteiger partial charge in [0.05, 0.1) is 5.69 Å². The second-order valence-corrected chi connectivity index (χ2v) is 4.47. The monoisotopic (exact) mass is 234 g/mol. The molecule has 1 aliphatic rings. The summed E-state index contributed by atoms with van der Waals surface area (Å²) in [5.74, 6) is 0.861. The van der Waals surface area contributed by atoms with Crippen LogP contribution in [0.5, 0.6) is 0 Å². The van der Waals surface area contributed by atoms with E-state index in [0.29, 0.717) is 0 Å². The van der Waals surface area contributed by atoms with Gasteiger partial charge in [0, 0.05) is 25.3 Å². The summed E-state index contributed by atoms with van der Waals surface area (Å²) in [5, 5.41) is 2.82. The lowest BCUT2D eigenvalue weighted by Crippen LogP contribution is -2.42. The van der Waals surface area contributed by atoms with Crippen molar-refractivity contribution in [2.75, 3.05) is 23.7 Å². The Hall–Kier alpha value is -1.78. The number of aryl methyl sites for hydroxylation is 1. The van der Waals surface area contributed by atoms with Crippen molar-refractivity contribution in [3.8, 4) is 0 Å². The topological polar surface area (TPSA) is 71.2 Å². The van der Waals surface area contributed by atoms with E-state index in [1.165, 1.54) is 0 Å². The van der Waals surface area contributed by atoms with Crippen LogP contribution in [0.4, 0.5) is 11.5 Å². The van der Waals surface area contributed by atoms with Gasteiger partial charge in [-0.25, -0.2) is 4.98 Å². The number of nitrogens with one attached hydrogen (secondary N) is 1. The molecule has 0 saturated carbocycles. The third-order valence-corrected chi connectivity index (χ3v) is 3.13. The maximum absolute atomic E-state index is 10.4. The van der Waals surface area contributed by atoms with Crippen LogP contribution in [0.3, 0.4) is 0 Å². The fraction of sp³-hybridized carbons (Fsp3) is 0.500. The number of carbonyl (C=O) groups excluding carboxylic acids is 1. The largest absolute Gasteiger partial charge is 0.396 e. The zero-order chi connectivity index (χ0) is 12.3. The highest BCUT2D eigenvalue weighted by Gasteiger charge is 2.20. The van der Waals surface area contributed by atoms with Crippen molar-refractivity contribution >= 4 is 17.9 Å². The van der Waals surface area contributed by atoms with E-state index >= 15 is 0 Å². The first-order valence-corrected chi connectivity index (χ1v) is 5.87. The smallest absolute Gasteiger partial charge is 0.207 e. The number of aromatic nitrogens is 1. The molecule has 0 aliphatic carbocycles. The lowest BCUT2D eigenvalue weighted by molar-refractivity contribution is -0.110. The van der Waals surface area contributed by atoms with Crippen LogP contribution in [0, 0.1) is 6.92 Å². The standard InChI is InChI=1S/C12H18N4O/c1-9-6-11(13)12(14-7-9)16-4-2-10(3-5-16)15-8-17/h6-8,10H,2-5,13H2,1H3,(H,15,17). The number of amides is 1. The zero-order valence-corrected chi connectivity index (χ0v) is 10.0. The van der Waals surface area contributed by atoms with Gasteiger partial charge in [0.15, 0.2) is 5.82 Å². The number of anilines is 2. The number of nitrogen functional groups attached to an aromatic ring is 1. The predicted molar refractivity (Wildman–Crippen MR) is 67.8 cm³/mol. The first kappa shape index (κ1) is 11.7. The summed E-state index contributed by atoms with van der Waals surface area (Å²) in [6.07, 6.45) is 4.49. The quantitative estimate of drug-likeness (QED) is 0.755. The molecule has 17 heavy (non-hydrogen) atoms. The van der Waals surface area contributed by atoms with Crippen LogP contribution >= 0.6 is 0 Å². The average molecular weight is 234 g/mol. The zero-order valence-electron chi connectivity index (χ0n) is 10.0. The van der Waals surface area contributed by atoms with Gasteiger partial charge in [-0.15, -0.1) is 0 Å². The molecule has 1 aromatic rings. The summed E-state index contributed by atoms with van der Waals surface area (Å²) in [6, 6.07) is 2.23. The highest BCUT2D eigenvalue weighted by atomic mass is 16.1. The molecule has 1 aromatic heterocycles. The van der Waals surface area contributed by atoms with Gasteiger partial charge < -0.3 is 16.0 Å². The van der Waals surface area contributed by atoms with Crippen LogP contribution in [-0.2, 0) is 4.79 Å². The molecule has 2 heterocycles. The molecule has 1 saturated heterocycles. The van der Waals surface area contributed by atoms with Crippen LogP contribution in [0.1, 0.15) is 18.4 Å². The maximum atomic E-state index is 10.4. The van der Waals surface area contributed by atoms with Gasteiger partial charge in [-0.1, -0.05) is 0 Å². The summed E-state index contributed by atoms with van der Waals surface area (Å²) in [5.41, 5.74) is 7.77. The van der Waals surface area contributed by atoms with Crippen molar-refractivity contribution in [2.24, 2.45) is 0 Å². The molecule has 0 unspecified atom stereocenters. The Morgan fingerprint density at radius 1 is 1.53 bits per heavy atom. The lowest BCUT2D eigenvalue weighted by Gasteiger charge is -2.33. The normalized spacial score (nSPS) is 16.9. The number of hydrogen-bond donors (Lipinski definition) is 2. The summed E-state index contributed by atoms with van der Waals surface area (Å²) in [7, 11) is 0. The van der Waals surface area contributed by atoms with Crippen LogP contribution in [0.2, 0.25) is 0 Å². The molecule has 1 amide bonds. The lowest BCUT2D eigenvalue weighted by atomic mass is 10.1. The third-order valence-electron chi connectivity index (χ3n) is 3.13. The molecular weight excluding hydrogens is 216 g/mol.